The number of nitrogens with zero attached hydrogens (tertiary/aromatic N) is 1. The van der Waals surface area contributed by atoms with Crippen molar-refractivity contribution in [2.24, 2.45) is 0 Å². The van der Waals surface area contributed by atoms with E-state index in [1.807, 2.05) is 6.92 Å². The molecule has 1 aromatic carbocycles. The third kappa shape index (κ3) is 3.03. The first-order valence-corrected chi connectivity index (χ1v) is 6.51. The lowest BCUT2D eigenvalue weighted by molar-refractivity contribution is 0.631. The maximum atomic E-state index is 13.6. The van der Waals surface area contributed by atoms with Crippen LogP contribution in [0.1, 0.15) is 11.8 Å². The summed E-state index contributed by atoms with van der Waals surface area (Å²) >= 11 is 7.33. The maximum absolute atomic E-state index is 13.6. The summed E-state index contributed by atoms with van der Waals surface area (Å²) in [5.74, 6) is -0.293. The average Bonchev–Trinajstić information content (AvgIpc) is 2.78. The first-order chi connectivity index (χ1) is 8.20. The lowest BCUT2D eigenvalue weighted by Gasteiger charge is -1.99. The molecule has 5 heteroatoms. The minimum absolute atomic E-state index is 0.293. The Morgan fingerprint density at radius 1 is 1.47 bits per heavy atom. The molecule has 17 heavy (non-hydrogen) atoms. The molecule has 2 aromatic rings. The van der Waals surface area contributed by atoms with E-state index in [-0.39, 0.29) is 5.82 Å². The maximum Gasteiger partial charge on any atom is 0.133 e. The van der Waals surface area contributed by atoms with E-state index in [0.29, 0.717) is 15.6 Å². The van der Waals surface area contributed by atoms with Crippen molar-refractivity contribution in [3.05, 3.63) is 40.1 Å². The van der Waals surface area contributed by atoms with Gasteiger partial charge in [0, 0.05) is 28.2 Å². The predicted molar refractivity (Wildman–Crippen MR) is 69.9 cm³/mol. The second-order valence-corrected chi connectivity index (χ2v) is 5.09. The first-order valence-electron chi connectivity index (χ1n) is 5.31. The standard InChI is InChI=1S/C12H12ClFN2S/c1-2-15-6-9-7-16-12(17-9)10-5-8(13)3-4-11(10)14/h3-5,7,15H,2,6H2,1H3. The van der Waals surface area contributed by atoms with Gasteiger partial charge in [0.15, 0.2) is 0 Å². The summed E-state index contributed by atoms with van der Waals surface area (Å²) in [4.78, 5) is 5.31. The number of halogens is 2. The number of nitrogens with one attached hydrogen (secondary N) is 1. The van der Waals surface area contributed by atoms with Gasteiger partial charge < -0.3 is 5.32 Å². The summed E-state index contributed by atoms with van der Waals surface area (Å²) in [6.45, 7) is 3.70. The fourth-order valence-corrected chi connectivity index (χ4v) is 2.50. The second kappa shape index (κ2) is 5.58. The quantitative estimate of drug-likeness (QED) is 0.916. The molecular formula is C12H12ClFN2S. The molecule has 0 fully saturated rings. The smallest absolute Gasteiger partial charge is 0.133 e. The van der Waals surface area contributed by atoms with Crippen molar-refractivity contribution < 1.29 is 4.39 Å². The van der Waals surface area contributed by atoms with Crippen LogP contribution in [0.3, 0.4) is 0 Å². The molecular weight excluding hydrogens is 259 g/mol. The molecule has 0 atom stereocenters. The van der Waals surface area contributed by atoms with Gasteiger partial charge >= 0.3 is 0 Å². The molecule has 1 aromatic heterocycles. The van der Waals surface area contributed by atoms with Crippen LogP contribution in [0, 0.1) is 5.82 Å². The molecule has 0 saturated carbocycles. The van der Waals surface area contributed by atoms with Crippen molar-refractivity contribution in [3.63, 3.8) is 0 Å². The summed E-state index contributed by atoms with van der Waals surface area (Å²) in [7, 11) is 0. The van der Waals surface area contributed by atoms with Gasteiger partial charge in [0.25, 0.3) is 0 Å². The molecule has 0 unspecified atom stereocenters. The summed E-state index contributed by atoms with van der Waals surface area (Å²) < 4.78 is 13.6. The van der Waals surface area contributed by atoms with E-state index in [2.05, 4.69) is 10.3 Å². The highest BCUT2D eigenvalue weighted by atomic mass is 35.5. The number of rotatable bonds is 4. The van der Waals surface area contributed by atoms with Crippen LogP contribution in [0.5, 0.6) is 0 Å². The SMILES string of the molecule is CCNCc1cnc(-c2cc(Cl)ccc2F)s1. The van der Waals surface area contributed by atoms with Crippen molar-refractivity contribution >= 4 is 22.9 Å². The normalized spacial score (nSPS) is 10.8. The lowest BCUT2D eigenvalue weighted by atomic mass is 10.2. The summed E-state index contributed by atoms with van der Waals surface area (Å²) in [6, 6.07) is 4.50. The van der Waals surface area contributed by atoms with Gasteiger partial charge in [-0.3, -0.25) is 0 Å². The fraction of sp³-hybridized carbons (Fsp3) is 0.250. The second-order valence-electron chi connectivity index (χ2n) is 3.54. The molecule has 0 aliphatic carbocycles. The molecule has 2 rings (SSSR count). The highest BCUT2D eigenvalue weighted by molar-refractivity contribution is 7.15. The van der Waals surface area contributed by atoms with Crippen LogP contribution in [-0.4, -0.2) is 11.5 Å². The summed E-state index contributed by atoms with van der Waals surface area (Å²) in [6.07, 6.45) is 1.77. The Hall–Kier alpha value is -0.970. The van der Waals surface area contributed by atoms with Crippen LogP contribution in [0.4, 0.5) is 4.39 Å². The Morgan fingerprint density at radius 3 is 3.06 bits per heavy atom. The van der Waals surface area contributed by atoms with E-state index >= 15 is 0 Å². The van der Waals surface area contributed by atoms with Crippen molar-refractivity contribution in [2.75, 3.05) is 6.54 Å². The Bertz CT molecular complexity index is 513. The van der Waals surface area contributed by atoms with Crippen LogP contribution in [0.2, 0.25) is 5.02 Å². The minimum atomic E-state index is -0.293. The summed E-state index contributed by atoms with van der Waals surface area (Å²) in [5, 5.41) is 4.39. The van der Waals surface area contributed by atoms with Gasteiger partial charge in [0.1, 0.15) is 10.8 Å². The molecule has 0 saturated heterocycles. The molecule has 2 nitrogen and oxygen atoms in total. The van der Waals surface area contributed by atoms with Crippen LogP contribution >= 0.6 is 22.9 Å². The zero-order chi connectivity index (χ0) is 12.3. The lowest BCUT2D eigenvalue weighted by Crippen LogP contribution is -2.10. The van der Waals surface area contributed by atoms with Gasteiger partial charge in [-0.15, -0.1) is 11.3 Å². The number of hydrogen-bond acceptors (Lipinski definition) is 3. The number of benzene rings is 1. The monoisotopic (exact) mass is 270 g/mol. The third-order valence-electron chi connectivity index (χ3n) is 2.26. The van der Waals surface area contributed by atoms with Crippen molar-refractivity contribution in [2.45, 2.75) is 13.5 Å². The molecule has 1 heterocycles. The third-order valence-corrected chi connectivity index (χ3v) is 3.53. The molecule has 0 bridgehead atoms. The van der Waals surface area contributed by atoms with Gasteiger partial charge in [0.05, 0.1) is 0 Å². The Balaban J connectivity index is 2.27. The highest BCUT2D eigenvalue weighted by Crippen LogP contribution is 2.29. The topological polar surface area (TPSA) is 24.9 Å². The Kier molecular flexibility index (Phi) is 4.10. The van der Waals surface area contributed by atoms with Gasteiger partial charge in [-0.2, -0.15) is 0 Å². The van der Waals surface area contributed by atoms with Crippen molar-refractivity contribution in [3.8, 4) is 10.6 Å². The number of thiazole rings is 1. The van der Waals surface area contributed by atoms with E-state index in [1.165, 1.54) is 23.5 Å². The van der Waals surface area contributed by atoms with Gasteiger partial charge in [-0.05, 0) is 24.7 Å². The molecule has 0 radical (unpaired) electrons. The highest BCUT2D eigenvalue weighted by Gasteiger charge is 2.10. The van der Waals surface area contributed by atoms with E-state index in [4.69, 9.17) is 11.6 Å². The molecule has 0 aliphatic heterocycles. The van der Waals surface area contributed by atoms with Gasteiger partial charge in [0.2, 0.25) is 0 Å². The fourth-order valence-electron chi connectivity index (χ4n) is 1.42. The Labute approximate surface area is 108 Å². The van der Waals surface area contributed by atoms with Crippen LogP contribution < -0.4 is 5.32 Å². The first kappa shape index (κ1) is 12.5. The minimum Gasteiger partial charge on any atom is -0.312 e. The predicted octanol–water partition coefficient (Wildman–Crippen LogP) is 3.71. The average molecular weight is 271 g/mol. The zero-order valence-corrected chi connectivity index (χ0v) is 10.9. The molecule has 0 amide bonds. The van der Waals surface area contributed by atoms with Crippen LogP contribution in [0.25, 0.3) is 10.6 Å². The molecule has 0 aliphatic rings. The van der Waals surface area contributed by atoms with Gasteiger partial charge in [-0.25, -0.2) is 9.37 Å². The molecule has 0 spiro atoms. The number of aromatic nitrogens is 1. The van der Waals surface area contributed by atoms with Crippen LogP contribution in [-0.2, 0) is 6.54 Å². The molecule has 90 valence electrons. The van der Waals surface area contributed by atoms with Crippen LogP contribution in [0.15, 0.2) is 24.4 Å². The molecule has 1 N–H and O–H groups in total. The largest absolute Gasteiger partial charge is 0.312 e. The van der Waals surface area contributed by atoms with Crippen molar-refractivity contribution in [1.82, 2.24) is 10.3 Å². The van der Waals surface area contributed by atoms with E-state index in [1.54, 1.807) is 12.3 Å². The number of hydrogen-bond donors (Lipinski definition) is 1. The van der Waals surface area contributed by atoms with Crippen molar-refractivity contribution in [1.29, 1.82) is 0 Å². The van der Waals surface area contributed by atoms with Gasteiger partial charge in [-0.1, -0.05) is 18.5 Å². The summed E-state index contributed by atoms with van der Waals surface area (Å²) in [5.41, 5.74) is 0.463. The Morgan fingerprint density at radius 2 is 2.29 bits per heavy atom. The van der Waals surface area contributed by atoms with E-state index in [0.717, 1.165) is 18.0 Å². The van der Waals surface area contributed by atoms with E-state index < -0.39 is 0 Å². The van der Waals surface area contributed by atoms with E-state index in [9.17, 15) is 4.39 Å². The zero-order valence-electron chi connectivity index (χ0n) is 9.34.